The van der Waals surface area contributed by atoms with Gasteiger partial charge in [-0.05, 0) is 73.0 Å². The van der Waals surface area contributed by atoms with E-state index in [9.17, 15) is 22.4 Å². The molecule has 3 aromatic carbocycles. The van der Waals surface area contributed by atoms with Crippen LogP contribution in [0.2, 0.25) is 0 Å². The summed E-state index contributed by atoms with van der Waals surface area (Å²) in [6.45, 7) is 1.85. The molecule has 11 heteroatoms. The van der Waals surface area contributed by atoms with E-state index < -0.39 is 28.0 Å². The van der Waals surface area contributed by atoms with Crippen molar-refractivity contribution in [2.45, 2.75) is 29.2 Å². The summed E-state index contributed by atoms with van der Waals surface area (Å²) < 4.78 is 50.8. The van der Waals surface area contributed by atoms with Gasteiger partial charge in [-0.1, -0.05) is 18.2 Å². The van der Waals surface area contributed by atoms with Crippen LogP contribution in [0.3, 0.4) is 0 Å². The quantitative estimate of drug-likeness (QED) is 0.162. The van der Waals surface area contributed by atoms with Crippen LogP contribution in [0, 0.1) is 12.7 Å². The van der Waals surface area contributed by atoms with Gasteiger partial charge in [0.25, 0.3) is 0 Å². The summed E-state index contributed by atoms with van der Waals surface area (Å²) in [7, 11) is -2.57. The van der Waals surface area contributed by atoms with Crippen molar-refractivity contribution in [2.75, 3.05) is 19.4 Å². The molecule has 196 valence electrons. The first-order valence-electron chi connectivity index (χ1n) is 11.2. The van der Waals surface area contributed by atoms with Gasteiger partial charge in [0.15, 0.2) is 0 Å². The van der Waals surface area contributed by atoms with Crippen LogP contribution < -0.4 is 15.2 Å². The van der Waals surface area contributed by atoms with Crippen LogP contribution in [-0.2, 0) is 26.0 Å². The van der Waals surface area contributed by atoms with E-state index in [0.29, 0.717) is 17.1 Å². The number of benzene rings is 3. The Balaban J connectivity index is 1.47. The van der Waals surface area contributed by atoms with Crippen molar-refractivity contribution in [1.82, 2.24) is 4.72 Å². The van der Waals surface area contributed by atoms with Crippen LogP contribution in [0.25, 0.3) is 0 Å². The zero-order valence-corrected chi connectivity index (χ0v) is 21.9. The second kappa shape index (κ2) is 12.8. The van der Waals surface area contributed by atoms with Crippen LogP contribution in [0.1, 0.15) is 21.5 Å². The molecule has 37 heavy (non-hydrogen) atoms. The van der Waals surface area contributed by atoms with Gasteiger partial charge < -0.3 is 15.2 Å². The van der Waals surface area contributed by atoms with Crippen molar-refractivity contribution in [1.29, 1.82) is 0 Å². The summed E-state index contributed by atoms with van der Waals surface area (Å²) in [5, 5.41) is 0. The summed E-state index contributed by atoms with van der Waals surface area (Å²) in [6.07, 6.45) is 0.218. The number of nitrogens with two attached hydrogens (primary N) is 1. The molecule has 0 aliphatic rings. The molecule has 0 amide bonds. The van der Waals surface area contributed by atoms with E-state index in [4.69, 9.17) is 15.2 Å². The van der Waals surface area contributed by atoms with E-state index in [1.165, 1.54) is 43.1 Å². The smallest absolute Gasteiger partial charge is 0.338 e. The molecule has 0 aliphatic heterocycles. The number of halogens is 1. The fraction of sp³-hybridized carbons (Fsp3) is 0.231. The molecule has 0 radical (unpaired) electrons. The fourth-order valence-electron chi connectivity index (χ4n) is 3.28. The minimum atomic E-state index is -3.81. The molecular weight excluding hydrogens is 519 g/mol. The van der Waals surface area contributed by atoms with Crippen molar-refractivity contribution in [3.8, 4) is 5.75 Å². The van der Waals surface area contributed by atoms with E-state index >= 15 is 0 Å². The third-order valence-corrected chi connectivity index (χ3v) is 7.77. The Morgan fingerprint density at radius 1 is 1.05 bits per heavy atom. The maximum Gasteiger partial charge on any atom is 0.338 e. The van der Waals surface area contributed by atoms with Crippen molar-refractivity contribution in [2.24, 2.45) is 5.73 Å². The van der Waals surface area contributed by atoms with E-state index in [-0.39, 0.29) is 29.2 Å². The third kappa shape index (κ3) is 8.12. The van der Waals surface area contributed by atoms with Crippen molar-refractivity contribution < 1.29 is 31.9 Å². The first-order valence-corrected chi connectivity index (χ1v) is 13.7. The predicted octanol–water partition coefficient (Wildman–Crippen LogP) is 3.47. The van der Waals surface area contributed by atoms with Crippen LogP contribution in [0.5, 0.6) is 5.75 Å². The van der Waals surface area contributed by atoms with E-state index in [0.717, 1.165) is 10.5 Å². The van der Waals surface area contributed by atoms with Crippen LogP contribution in [0.4, 0.5) is 4.39 Å². The standard InChI is InChI=1S/C26H27FN2O6S2/c1-17-3-12-22(16-23(17)25(30)34-2)37(32,33)29-13-14-36-21-10-8-20(9-11-21)35-26(31)24(28)15-18-4-6-19(27)7-5-18/h3-12,16,24,29H,13-15,28H2,1-2H3/t24-/m0/s1. The van der Waals surface area contributed by atoms with Gasteiger partial charge in [-0.25, -0.2) is 27.1 Å². The number of aryl methyl sites for hydroxylation is 1. The second-order valence-corrected chi connectivity index (χ2v) is 11.0. The Kier molecular flexibility index (Phi) is 9.81. The molecular formula is C26H27FN2O6S2. The van der Waals surface area contributed by atoms with Gasteiger partial charge in [-0.15, -0.1) is 11.8 Å². The molecule has 1 atom stereocenters. The molecule has 3 rings (SSSR count). The molecule has 0 bridgehead atoms. The summed E-state index contributed by atoms with van der Waals surface area (Å²) in [4.78, 5) is 24.9. The second-order valence-electron chi connectivity index (χ2n) is 8.04. The Hall–Kier alpha value is -3.25. The number of sulfonamides is 1. The predicted molar refractivity (Wildman–Crippen MR) is 139 cm³/mol. The van der Waals surface area contributed by atoms with Crippen LogP contribution in [-0.4, -0.2) is 45.8 Å². The minimum Gasteiger partial charge on any atom is -0.465 e. The summed E-state index contributed by atoms with van der Waals surface area (Å²) >= 11 is 1.41. The van der Waals surface area contributed by atoms with Gasteiger partial charge >= 0.3 is 11.9 Å². The van der Waals surface area contributed by atoms with Gasteiger partial charge in [0.2, 0.25) is 10.0 Å². The number of methoxy groups -OCH3 is 1. The fourth-order valence-corrected chi connectivity index (χ4v) is 5.24. The number of nitrogens with one attached hydrogen (secondary N) is 1. The number of hydrogen-bond acceptors (Lipinski definition) is 8. The van der Waals surface area contributed by atoms with Crippen LogP contribution >= 0.6 is 11.8 Å². The van der Waals surface area contributed by atoms with Gasteiger partial charge in [0.05, 0.1) is 17.6 Å². The number of ether oxygens (including phenoxy) is 2. The van der Waals surface area contributed by atoms with Gasteiger partial charge in [-0.3, -0.25) is 0 Å². The zero-order chi connectivity index (χ0) is 27.0. The molecule has 0 fully saturated rings. The number of carbonyl (C=O) groups excluding carboxylic acids is 2. The number of thioether (sulfide) groups is 1. The Morgan fingerprint density at radius 3 is 2.38 bits per heavy atom. The molecule has 0 aromatic heterocycles. The number of hydrogen-bond donors (Lipinski definition) is 2. The van der Waals surface area contributed by atoms with Crippen molar-refractivity contribution in [3.63, 3.8) is 0 Å². The molecule has 0 unspecified atom stereocenters. The average molecular weight is 547 g/mol. The largest absolute Gasteiger partial charge is 0.465 e. The van der Waals surface area contributed by atoms with Crippen molar-refractivity contribution >= 4 is 33.7 Å². The van der Waals surface area contributed by atoms with Gasteiger partial charge in [0.1, 0.15) is 17.6 Å². The third-order valence-electron chi connectivity index (χ3n) is 5.30. The topological polar surface area (TPSA) is 125 Å². The molecule has 0 heterocycles. The Morgan fingerprint density at radius 2 is 1.73 bits per heavy atom. The normalized spacial score (nSPS) is 12.1. The lowest BCUT2D eigenvalue weighted by Crippen LogP contribution is -2.36. The first kappa shape index (κ1) is 28.3. The molecule has 3 N–H and O–H groups in total. The van der Waals surface area contributed by atoms with Crippen molar-refractivity contribution in [3.05, 3.63) is 89.2 Å². The van der Waals surface area contributed by atoms with E-state index in [1.54, 1.807) is 49.4 Å². The Bertz CT molecular complexity index is 1350. The molecule has 8 nitrogen and oxygen atoms in total. The number of esters is 2. The average Bonchev–Trinajstić information content (AvgIpc) is 2.88. The highest BCUT2D eigenvalue weighted by Crippen LogP contribution is 2.22. The van der Waals surface area contributed by atoms with E-state index in [2.05, 4.69) is 4.72 Å². The van der Waals surface area contributed by atoms with Crippen LogP contribution in [0.15, 0.2) is 76.5 Å². The zero-order valence-electron chi connectivity index (χ0n) is 20.3. The maximum atomic E-state index is 13.0. The lowest BCUT2D eigenvalue weighted by molar-refractivity contribution is -0.135. The highest BCUT2D eigenvalue weighted by atomic mass is 32.2. The number of rotatable bonds is 11. The summed E-state index contributed by atoms with van der Waals surface area (Å²) in [5.41, 5.74) is 7.44. The maximum absolute atomic E-state index is 13.0. The molecule has 0 spiro atoms. The molecule has 0 saturated carbocycles. The highest BCUT2D eigenvalue weighted by molar-refractivity contribution is 7.99. The SMILES string of the molecule is COC(=O)c1cc(S(=O)(=O)NCCSc2ccc(OC(=O)[C@@H](N)Cc3ccc(F)cc3)cc2)ccc1C. The molecule has 0 aliphatic carbocycles. The minimum absolute atomic E-state index is 0.0210. The van der Waals surface area contributed by atoms with Gasteiger partial charge in [-0.2, -0.15) is 0 Å². The number of carbonyl (C=O) groups is 2. The molecule has 0 saturated heterocycles. The lowest BCUT2D eigenvalue weighted by Gasteiger charge is -2.12. The Labute approximate surface area is 219 Å². The summed E-state index contributed by atoms with van der Waals surface area (Å²) in [5.74, 6) is -0.808. The molecule has 3 aromatic rings. The van der Waals surface area contributed by atoms with Gasteiger partial charge in [0, 0.05) is 17.2 Å². The summed E-state index contributed by atoms with van der Waals surface area (Å²) in [6, 6.07) is 15.9. The van der Waals surface area contributed by atoms with E-state index in [1.807, 2.05) is 0 Å². The lowest BCUT2D eigenvalue weighted by atomic mass is 10.1. The monoisotopic (exact) mass is 546 g/mol. The highest BCUT2D eigenvalue weighted by Gasteiger charge is 2.19. The first-order chi connectivity index (χ1) is 17.6.